The Hall–Kier alpha value is -2.54. The SMILES string of the molecule is Cc1c(Sc2ccc([N+](=O)[O-])cc2)cc(C(C)(C)C)c(O)c1C(=O)O. The molecule has 0 aliphatic carbocycles. The topological polar surface area (TPSA) is 101 Å². The number of rotatable bonds is 4. The molecule has 0 fully saturated rings. The molecule has 0 aliphatic heterocycles. The standard InChI is InChI=1S/C18H19NO5S/c1-10-14(25-12-7-5-11(6-8-12)19(23)24)9-13(18(2,3)4)16(20)15(10)17(21)22/h5-9,20H,1-4H3,(H,21,22). The van der Waals surface area contributed by atoms with Crippen LogP contribution in [-0.2, 0) is 5.41 Å². The second kappa shape index (κ2) is 6.76. The van der Waals surface area contributed by atoms with Gasteiger partial charge in [0.1, 0.15) is 11.3 Å². The third-order valence-electron chi connectivity index (χ3n) is 3.81. The third kappa shape index (κ3) is 3.93. The van der Waals surface area contributed by atoms with Crippen molar-refractivity contribution in [3.8, 4) is 5.75 Å². The van der Waals surface area contributed by atoms with E-state index in [1.54, 1.807) is 25.1 Å². The predicted molar refractivity (Wildman–Crippen MR) is 95.7 cm³/mol. The van der Waals surface area contributed by atoms with Gasteiger partial charge in [-0.15, -0.1) is 0 Å². The Morgan fingerprint density at radius 3 is 2.20 bits per heavy atom. The van der Waals surface area contributed by atoms with Crippen LogP contribution in [0.2, 0.25) is 0 Å². The summed E-state index contributed by atoms with van der Waals surface area (Å²) in [4.78, 5) is 23.3. The first-order chi connectivity index (χ1) is 11.5. The van der Waals surface area contributed by atoms with E-state index in [4.69, 9.17) is 0 Å². The zero-order valence-corrected chi connectivity index (χ0v) is 15.2. The second-order valence-electron chi connectivity index (χ2n) is 6.68. The minimum absolute atomic E-state index is 0.00613. The van der Waals surface area contributed by atoms with Gasteiger partial charge in [-0.05, 0) is 36.1 Å². The van der Waals surface area contributed by atoms with Gasteiger partial charge in [-0.25, -0.2) is 4.79 Å². The summed E-state index contributed by atoms with van der Waals surface area (Å²) in [6.45, 7) is 7.32. The molecule has 0 aromatic heterocycles. The molecule has 0 saturated carbocycles. The van der Waals surface area contributed by atoms with Gasteiger partial charge in [0.25, 0.3) is 5.69 Å². The fourth-order valence-corrected chi connectivity index (χ4v) is 3.40. The van der Waals surface area contributed by atoms with E-state index in [0.717, 1.165) is 4.90 Å². The van der Waals surface area contributed by atoms with Gasteiger partial charge in [-0.1, -0.05) is 32.5 Å². The highest BCUT2D eigenvalue weighted by Crippen LogP contribution is 2.41. The summed E-state index contributed by atoms with van der Waals surface area (Å²) in [5, 5.41) is 30.6. The monoisotopic (exact) mass is 361 g/mol. The van der Waals surface area contributed by atoms with Crippen LogP contribution in [0.5, 0.6) is 5.75 Å². The molecular weight excluding hydrogens is 342 g/mol. The number of nitro groups is 1. The molecule has 0 bridgehead atoms. The number of hydrogen-bond donors (Lipinski definition) is 2. The van der Waals surface area contributed by atoms with Crippen molar-refractivity contribution in [2.24, 2.45) is 0 Å². The van der Waals surface area contributed by atoms with Crippen molar-refractivity contribution in [2.75, 3.05) is 0 Å². The predicted octanol–water partition coefficient (Wildman–Crippen LogP) is 4.76. The molecule has 0 saturated heterocycles. The van der Waals surface area contributed by atoms with Gasteiger partial charge in [-0.3, -0.25) is 10.1 Å². The van der Waals surface area contributed by atoms with Gasteiger partial charge >= 0.3 is 5.97 Å². The number of carboxylic acid groups (broad SMARTS) is 1. The highest BCUT2D eigenvalue weighted by Gasteiger charge is 2.26. The molecule has 0 amide bonds. The van der Waals surface area contributed by atoms with Crippen molar-refractivity contribution in [3.63, 3.8) is 0 Å². The summed E-state index contributed by atoms with van der Waals surface area (Å²) >= 11 is 1.31. The van der Waals surface area contributed by atoms with Gasteiger partial charge in [0.05, 0.1) is 4.92 Å². The molecule has 0 unspecified atom stereocenters. The average Bonchev–Trinajstić information content (AvgIpc) is 2.49. The lowest BCUT2D eigenvalue weighted by Crippen LogP contribution is -2.14. The van der Waals surface area contributed by atoms with Crippen molar-refractivity contribution in [2.45, 2.75) is 42.9 Å². The lowest BCUT2D eigenvalue weighted by molar-refractivity contribution is -0.384. The summed E-state index contributed by atoms with van der Waals surface area (Å²) in [6.07, 6.45) is 0. The molecule has 6 nitrogen and oxygen atoms in total. The summed E-state index contributed by atoms with van der Waals surface area (Å²) in [6, 6.07) is 7.82. The number of carbonyl (C=O) groups is 1. The minimum Gasteiger partial charge on any atom is -0.507 e. The number of carboxylic acids is 1. The molecule has 0 aliphatic rings. The Morgan fingerprint density at radius 1 is 1.20 bits per heavy atom. The molecule has 2 rings (SSSR count). The Bertz CT molecular complexity index is 838. The molecule has 0 radical (unpaired) electrons. The lowest BCUT2D eigenvalue weighted by Gasteiger charge is -2.24. The maximum Gasteiger partial charge on any atom is 0.339 e. The second-order valence-corrected chi connectivity index (χ2v) is 7.79. The fraction of sp³-hybridized carbons (Fsp3) is 0.278. The van der Waals surface area contributed by atoms with Gasteiger partial charge in [-0.2, -0.15) is 0 Å². The van der Waals surface area contributed by atoms with Gasteiger partial charge in [0, 0.05) is 27.5 Å². The Kier molecular flexibility index (Phi) is 5.08. The van der Waals surface area contributed by atoms with Crippen molar-refractivity contribution >= 4 is 23.4 Å². The zero-order valence-electron chi connectivity index (χ0n) is 14.4. The Labute approximate surface area is 149 Å². The number of phenols is 1. The van der Waals surface area contributed by atoms with Crippen LogP contribution in [0.25, 0.3) is 0 Å². The average molecular weight is 361 g/mol. The van der Waals surface area contributed by atoms with E-state index in [2.05, 4.69) is 0 Å². The molecule has 2 aromatic carbocycles. The molecule has 0 atom stereocenters. The molecule has 2 N–H and O–H groups in total. The molecule has 2 aromatic rings. The van der Waals surface area contributed by atoms with E-state index in [0.29, 0.717) is 16.0 Å². The van der Waals surface area contributed by atoms with Gasteiger partial charge in [0.15, 0.2) is 0 Å². The largest absolute Gasteiger partial charge is 0.507 e. The van der Waals surface area contributed by atoms with Crippen LogP contribution in [0, 0.1) is 17.0 Å². The van der Waals surface area contributed by atoms with Crippen molar-refractivity contribution < 1.29 is 19.9 Å². The molecular formula is C18H19NO5S. The number of nitrogens with zero attached hydrogens (tertiary/aromatic N) is 1. The highest BCUT2D eigenvalue weighted by molar-refractivity contribution is 7.99. The quantitative estimate of drug-likeness (QED) is 0.602. The van der Waals surface area contributed by atoms with Crippen LogP contribution >= 0.6 is 11.8 Å². The lowest BCUT2D eigenvalue weighted by atomic mass is 9.84. The zero-order chi connectivity index (χ0) is 18.9. The normalized spacial score (nSPS) is 11.4. The number of aromatic hydroxyl groups is 1. The van der Waals surface area contributed by atoms with E-state index < -0.39 is 16.3 Å². The van der Waals surface area contributed by atoms with E-state index >= 15 is 0 Å². The first kappa shape index (κ1) is 18.8. The van der Waals surface area contributed by atoms with Crippen molar-refractivity contribution in [1.29, 1.82) is 0 Å². The van der Waals surface area contributed by atoms with E-state index in [-0.39, 0.29) is 17.0 Å². The first-order valence-electron chi connectivity index (χ1n) is 7.55. The van der Waals surface area contributed by atoms with Crippen LogP contribution in [0.15, 0.2) is 40.1 Å². The Morgan fingerprint density at radius 2 is 1.76 bits per heavy atom. The minimum atomic E-state index is -1.19. The number of hydrogen-bond acceptors (Lipinski definition) is 5. The number of aromatic carboxylic acids is 1. The summed E-state index contributed by atoms with van der Waals surface area (Å²) in [7, 11) is 0. The van der Waals surface area contributed by atoms with Crippen LogP contribution < -0.4 is 0 Å². The number of nitro benzene ring substituents is 1. The molecule has 132 valence electrons. The third-order valence-corrected chi connectivity index (χ3v) is 4.96. The summed E-state index contributed by atoms with van der Waals surface area (Å²) < 4.78 is 0. The van der Waals surface area contributed by atoms with Gasteiger partial charge in [0.2, 0.25) is 0 Å². The first-order valence-corrected chi connectivity index (χ1v) is 8.36. The van der Waals surface area contributed by atoms with Crippen molar-refractivity contribution in [1.82, 2.24) is 0 Å². The van der Waals surface area contributed by atoms with Crippen LogP contribution in [0.1, 0.15) is 42.3 Å². The van der Waals surface area contributed by atoms with Crippen LogP contribution in [-0.4, -0.2) is 21.1 Å². The van der Waals surface area contributed by atoms with E-state index in [1.807, 2.05) is 20.8 Å². The van der Waals surface area contributed by atoms with Gasteiger partial charge < -0.3 is 10.2 Å². The number of benzene rings is 2. The summed E-state index contributed by atoms with van der Waals surface area (Å²) in [5.41, 5.74) is 0.443. The van der Waals surface area contributed by atoms with E-state index in [9.17, 15) is 25.1 Å². The maximum atomic E-state index is 11.6. The molecule has 7 heteroatoms. The number of non-ortho nitro benzene ring substituents is 1. The Balaban J connectivity index is 2.55. The molecule has 0 spiro atoms. The highest BCUT2D eigenvalue weighted by atomic mass is 32.2. The van der Waals surface area contributed by atoms with Crippen LogP contribution in [0.4, 0.5) is 5.69 Å². The van der Waals surface area contributed by atoms with Crippen molar-refractivity contribution in [3.05, 3.63) is 57.1 Å². The molecule has 0 heterocycles. The van der Waals surface area contributed by atoms with Crippen LogP contribution in [0.3, 0.4) is 0 Å². The smallest absolute Gasteiger partial charge is 0.339 e. The molecule has 25 heavy (non-hydrogen) atoms. The maximum absolute atomic E-state index is 11.6. The van der Waals surface area contributed by atoms with E-state index in [1.165, 1.54) is 23.9 Å². The summed E-state index contributed by atoms with van der Waals surface area (Å²) in [5.74, 6) is -1.41. The fourth-order valence-electron chi connectivity index (χ4n) is 2.45.